The van der Waals surface area contributed by atoms with Gasteiger partial charge in [-0.2, -0.15) is 8.78 Å². The number of aryl methyl sites for hydroxylation is 1. The molecule has 2 N–H and O–H groups in total. The number of hydrogen-bond donors (Lipinski definition) is 2. The molecule has 2 aromatic heterocycles. The lowest BCUT2D eigenvalue weighted by Crippen LogP contribution is -2.43. The monoisotopic (exact) mass is 341 g/mol. The zero-order chi connectivity index (χ0) is 16.8. The van der Waals surface area contributed by atoms with Crippen molar-refractivity contribution in [3.8, 4) is 0 Å². The highest BCUT2D eigenvalue weighted by Gasteiger charge is 2.12. The number of rotatable bonds is 6. The van der Waals surface area contributed by atoms with Gasteiger partial charge < -0.3 is 10.6 Å². The van der Waals surface area contributed by atoms with Gasteiger partial charge in [0, 0.05) is 41.7 Å². The standard InChI is InChI=1S/C15H21F2N5S/c1-10(8-12-5-4-11(2)23-12)21-15(18-3)20-9-13-19-6-7-22(13)14(16)17/h4-7,10,14H,8-9H2,1-3H3,(H2,18,20,21). The van der Waals surface area contributed by atoms with Crippen LogP contribution in [-0.4, -0.2) is 28.6 Å². The Bertz CT molecular complexity index is 650. The molecule has 0 radical (unpaired) electrons. The number of halogens is 2. The van der Waals surface area contributed by atoms with Gasteiger partial charge in [0.25, 0.3) is 0 Å². The summed E-state index contributed by atoms with van der Waals surface area (Å²) in [5.74, 6) is 0.832. The molecule has 5 nitrogen and oxygen atoms in total. The van der Waals surface area contributed by atoms with Crippen molar-refractivity contribution in [2.24, 2.45) is 4.99 Å². The molecular weight excluding hydrogens is 320 g/mol. The van der Waals surface area contributed by atoms with Crippen LogP contribution in [0.1, 0.15) is 29.1 Å². The van der Waals surface area contributed by atoms with E-state index < -0.39 is 6.55 Å². The van der Waals surface area contributed by atoms with Crippen molar-refractivity contribution in [2.75, 3.05) is 7.05 Å². The number of nitrogens with zero attached hydrogens (tertiary/aromatic N) is 3. The molecule has 0 saturated carbocycles. The average Bonchev–Trinajstić information content (AvgIpc) is 3.12. The van der Waals surface area contributed by atoms with Crippen LogP contribution in [0.5, 0.6) is 0 Å². The van der Waals surface area contributed by atoms with E-state index in [-0.39, 0.29) is 18.4 Å². The second kappa shape index (κ2) is 8.05. The average molecular weight is 341 g/mol. The predicted octanol–water partition coefficient (Wildman–Crippen LogP) is 2.94. The highest BCUT2D eigenvalue weighted by Crippen LogP contribution is 2.16. The first-order chi connectivity index (χ1) is 11.0. The van der Waals surface area contributed by atoms with E-state index in [1.807, 2.05) is 0 Å². The van der Waals surface area contributed by atoms with Crippen LogP contribution in [0.2, 0.25) is 0 Å². The Kier molecular flexibility index (Phi) is 6.09. The summed E-state index contributed by atoms with van der Waals surface area (Å²) in [4.78, 5) is 10.6. The first-order valence-corrected chi connectivity index (χ1v) is 8.13. The Morgan fingerprint density at radius 3 is 2.83 bits per heavy atom. The molecule has 1 atom stereocenters. The van der Waals surface area contributed by atoms with Crippen LogP contribution in [0, 0.1) is 6.92 Å². The number of aromatic nitrogens is 2. The zero-order valence-corrected chi connectivity index (χ0v) is 14.2. The molecule has 0 saturated heterocycles. The van der Waals surface area contributed by atoms with E-state index in [0.717, 1.165) is 11.0 Å². The Morgan fingerprint density at radius 2 is 2.22 bits per heavy atom. The minimum Gasteiger partial charge on any atom is -0.354 e. The van der Waals surface area contributed by atoms with Gasteiger partial charge in [0.05, 0.1) is 6.54 Å². The lowest BCUT2D eigenvalue weighted by Gasteiger charge is -2.17. The van der Waals surface area contributed by atoms with Crippen molar-refractivity contribution < 1.29 is 8.78 Å². The quantitative estimate of drug-likeness (QED) is 0.627. The SMILES string of the molecule is CN=C(NCc1nccn1C(F)F)NC(C)Cc1ccc(C)s1. The molecule has 0 aliphatic rings. The summed E-state index contributed by atoms with van der Waals surface area (Å²) in [7, 11) is 1.65. The maximum Gasteiger partial charge on any atom is 0.319 e. The smallest absolute Gasteiger partial charge is 0.319 e. The summed E-state index contributed by atoms with van der Waals surface area (Å²) >= 11 is 1.77. The van der Waals surface area contributed by atoms with Crippen LogP contribution in [0.4, 0.5) is 8.78 Å². The van der Waals surface area contributed by atoms with Gasteiger partial charge in [-0.1, -0.05) is 0 Å². The van der Waals surface area contributed by atoms with Gasteiger partial charge in [-0.05, 0) is 26.0 Å². The third kappa shape index (κ3) is 5.02. The van der Waals surface area contributed by atoms with Gasteiger partial charge in [-0.15, -0.1) is 11.3 Å². The number of hydrogen-bond acceptors (Lipinski definition) is 3. The van der Waals surface area contributed by atoms with E-state index in [0.29, 0.717) is 5.96 Å². The van der Waals surface area contributed by atoms with Crippen LogP contribution >= 0.6 is 11.3 Å². The third-order valence-corrected chi connectivity index (χ3v) is 4.31. The highest BCUT2D eigenvalue weighted by molar-refractivity contribution is 7.11. The van der Waals surface area contributed by atoms with Gasteiger partial charge in [-0.3, -0.25) is 9.56 Å². The molecule has 0 bridgehead atoms. The third-order valence-electron chi connectivity index (χ3n) is 3.28. The zero-order valence-electron chi connectivity index (χ0n) is 13.4. The number of imidazole rings is 1. The number of alkyl halides is 2. The molecule has 2 aromatic rings. The molecule has 0 amide bonds. The number of nitrogens with one attached hydrogen (secondary N) is 2. The molecule has 0 fully saturated rings. The van der Waals surface area contributed by atoms with Gasteiger partial charge in [-0.25, -0.2) is 4.98 Å². The molecule has 0 spiro atoms. The van der Waals surface area contributed by atoms with Crippen LogP contribution in [0.25, 0.3) is 0 Å². The summed E-state index contributed by atoms with van der Waals surface area (Å²) in [6, 6.07) is 4.40. The van der Waals surface area contributed by atoms with Crippen molar-refractivity contribution in [3.05, 3.63) is 40.1 Å². The van der Waals surface area contributed by atoms with Crippen molar-refractivity contribution in [1.29, 1.82) is 0 Å². The summed E-state index contributed by atoms with van der Waals surface area (Å²) in [5, 5.41) is 6.27. The fraction of sp³-hybridized carbons (Fsp3) is 0.467. The van der Waals surface area contributed by atoms with Crippen LogP contribution in [0.15, 0.2) is 29.5 Å². The second-order valence-electron chi connectivity index (χ2n) is 5.22. The first kappa shape index (κ1) is 17.4. The summed E-state index contributed by atoms with van der Waals surface area (Å²) < 4.78 is 26.4. The second-order valence-corrected chi connectivity index (χ2v) is 6.59. The number of aliphatic imine (C=N–C) groups is 1. The Labute approximate surface area is 138 Å². The van der Waals surface area contributed by atoms with Gasteiger partial charge in [0.15, 0.2) is 5.96 Å². The molecule has 126 valence electrons. The van der Waals surface area contributed by atoms with Crippen molar-refractivity contribution in [1.82, 2.24) is 20.2 Å². The maximum absolute atomic E-state index is 12.8. The molecular formula is C15H21F2N5S. The van der Waals surface area contributed by atoms with E-state index in [1.165, 1.54) is 22.1 Å². The highest BCUT2D eigenvalue weighted by atomic mass is 32.1. The van der Waals surface area contributed by atoms with E-state index >= 15 is 0 Å². The first-order valence-electron chi connectivity index (χ1n) is 7.32. The Balaban J connectivity index is 1.86. The van der Waals surface area contributed by atoms with Crippen LogP contribution < -0.4 is 10.6 Å². The Hall–Kier alpha value is -1.96. The van der Waals surface area contributed by atoms with Crippen LogP contribution in [-0.2, 0) is 13.0 Å². The van der Waals surface area contributed by atoms with Crippen molar-refractivity contribution in [3.63, 3.8) is 0 Å². The lowest BCUT2D eigenvalue weighted by molar-refractivity contribution is 0.0668. The molecule has 8 heteroatoms. The van der Waals surface area contributed by atoms with E-state index in [9.17, 15) is 8.78 Å². The largest absolute Gasteiger partial charge is 0.354 e. The molecule has 0 aromatic carbocycles. The molecule has 1 unspecified atom stereocenters. The van der Waals surface area contributed by atoms with E-state index in [1.54, 1.807) is 18.4 Å². The number of thiophene rings is 1. The Morgan fingerprint density at radius 1 is 1.43 bits per heavy atom. The minimum atomic E-state index is -2.59. The maximum atomic E-state index is 12.8. The minimum absolute atomic E-state index is 0.175. The molecule has 0 aliphatic carbocycles. The lowest BCUT2D eigenvalue weighted by atomic mass is 10.2. The van der Waals surface area contributed by atoms with Crippen molar-refractivity contribution >= 4 is 17.3 Å². The van der Waals surface area contributed by atoms with Crippen molar-refractivity contribution in [2.45, 2.75) is 39.4 Å². The molecule has 2 heterocycles. The predicted molar refractivity (Wildman–Crippen MR) is 89.0 cm³/mol. The normalized spacial score (nSPS) is 13.4. The van der Waals surface area contributed by atoms with E-state index in [2.05, 4.69) is 46.6 Å². The molecule has 0 aliphatic heterocycles. The molecule has 23 heavy (non-hydrogen) atoms. The summed E-state index contributed by atoms with van der Waals surface area (Å²) in [5.41, 5.74) is 0. The fourth-order valence-corrected chi connectivity index (χ4v) is 3.22. The van der Waals surface area contributed by atoms with E-state index in [4.69, 9.17) is 0 Å². The van der Waals surface area contributed by atoms with Gasteiger partial charge in [0.1, 0.15) is 5.82 Å². The summed E-state index contributed by atoms with van der Waals surface area (Å²) in [6.07, 6.45) is 3.51. The van der Waals surface area contributed by atoms with Gasteiger partial charge in [0.2, 0.25) is 0 Å². The molecule has 2 rings (SSSR count). The topological polar surface area (TPSA) is 54.2 Å². The summed E-state index contributed by atoms with van der Waals surface area (Å²) in [6.45, 7) is 1.73. The van der Waals surface area contributed by atoms with Crippen LogP contribution in [0.3, 0.4) is 0 Å². The number of guanidine groups is 1. The van der Waals surface area contributed by atoms with Gasteiger partial charge >= 0.3 is 6.55 Å². The fourth-order valence-electron chi connectivity index (χ4n) is 2.20.